The summed E-state index contributed by atoms with van der Waals surface area (Å²) in [5, 5.41) is 6.89. The fraction of sp³-hybridized carbons (Fsp3) is 0.208. The molecule has 0 amide bonds. The molecule has 4 aromatic rings. The number of rotatable bonds is 8. The Balaban J connectivity index is 1.34. The van der Waals surface area contributed by atoms with Gasteiger partial charge in [0.15, 0.2) is 0 Å². The van der Waals surface area contributed by atoms with Crippen LogP contribution in [0.4, 0.5) is 0 Å². The summed E-state index contributed by atoms with van der Waals surface area (Å²) in [6, 6.07) is 23.5. The van der Waals surface area contributed by atoms with E-state index in [4.69, 9.17) is 4.98 Å². The average molecular weight is 388 g/mol. The SMILES string of the molecule is Cc1ccc(Cc2nc(Cn3cccc3CNCc3ccccc3)cs2)cc1. The van der Waals surface area contributed by atoms with Crippen molar-refractivity contribution >= 4 is 11.3 Å². The first-order valence-corrected chi connectivity index (χ1v) is 10.5. The van der Waals surface area contributed by atoms with Crippen molar-refractivity contribution in [3.05, 3.63) is 111 Å². The minimum absolute atomic E-state index is 0.819. The van der Waals surface area contributed by atoms with Gasteiger partial charge in [0.05, 0.1) is 17.2 Å². The molecule has 0 atom stereocenters. The van der Waals surface area contributed by atoms with E-state index in [9.17, 15) is 0 Å². The predicted molar refractivity (Wildman–Crippen MR) is 117 cm³/mol. The Kier molecular flexibility index (Phi) is 6.00. The lowest BCUT2D eigenvalue weighted by molar-refractivity contribution is 0.634. The van der Waals surface area contributed by atoms with Crippen molar-refractivity contribution in [3.8, 4) is 0 Å². The number of hydrogen-bond acceptors (Lipinski definition) is 3. The molecule has 3 nitrogen and oxygen atoms in total. The predicted octanol–water partition coefficient (Wildman–Crippen LogP) is 5.18. The maximum atomic E-state index is 4.85. The number of hydrogen-bond donors (Lipinski definition) is 1. The van der Waals surface area contributed by atoms with Crippen LogP contribution in [0.1, 0.15) is 33.1 Å². The average Bonchev–Trinajstić information content (AvgIpc) is 3.34. The van der Waals surface area contributed by atoms with Crippen LogP contribution in [0.2, 0.25) is 0 Å². The van der Waals surface area contributed by atoms with Crippen LogP contribution >= 0.6 is 11.3 Å². The number of aromatic nitrogens is 2. The van der Waals surface area contributed by atoms with Gasteiger partial charge < -0.3 is 9.88 Å². The van der Waals surface area contributed by atoms with E-state index in [1.54, 1.807) is 11.3 Å². The molecule has 28 heavy (non-hydrogen) atoms. The Hall–Kier alpha value is -2.69. The summed E-state index contributed by atoms with van der Waals surface area (Å²) in [5.41, 5.74) is 6.33. The summed E-state index contributed by atoms with van der Waals surface area (Å²) < 4.78 is 2.28. The molecule has 0 saturated carbocycles. The molecule has 2 aromatic carbocycles. The Labute approximate surface area is 170 Å². The Morgan fingerprint density at radius 2 is 1.71 bits per heavy atom. The van der Waals surface area contributed by atoms with Crippen molar-refractivity contribution < 1.29 is 0 Å². The van der Waals surface area contributed by atoms with Gasteiger partial charge in [-0.2, -0.15) is 0 Å². The van der Waals surface area contributed by atoms with E-state index in [2.05, 4.69) is 95.1 Å². The largest absolute Gasteiger partial charge is 0.344 e. The molecule has 2 heterocycles. The van der Waals surface area contributed by atoms with Crippen LogP contribution < -0.4 is 5.32 Å². The summed E-state index contributed by atoms with van der Waals surface area (Å²) in [4.78, 5) is 4.85. The third kappa shape index (κ3) is 4.97. The van der Waals surface area contributed by atoms with Crippen LogP contribution in [0.5, 0.6) is 0 Å². The minimum atomic E-state index is 0.819. The molecule has 0 unspecified atom stereocenters. The van der Waals surface area contributed by atoms with Crippen LogP contribution in [0.15, 0.2) is 78.3 Å². The van der Waals surface area contributed by atoms with E-state index >= 15 is 0 Å². The molecule has 1 N–H and O–H groups in total. The van der Waals surface area contributed by atoms with Gasteiger partial charge in [-0.3, -0.25) is 0 Å². The molecule has 0 radical (unpaired) electrons. The molecule has 142 valence electrons. The highest BCUT2D eigenvalue weighted by atomic mass is 32.1. The maximum absolute atomic E-state index is 4.85. The highest BCUT2D eigenvalue weighted by Gasteiger charge is 2.07. The lowest BCUT2D eigenvalue weighted by Crippen LogP contribution is -2.16. The van der Waals surface area contributed by atoms with E-state index < -0.39 is 0 Å². The number of nitrogens with one attached hydrogen (secondary N) is 1. The third-order valence-electron chi connectivity index (χ3n) is 4.81. The first kappa shape index (κ1) is 18.7. The molecule has 0 aliphatic heterocycles. The molecule has 4 heteroatoms. The van der Waals surface area contributed by atoms with Gasteiger partial charge in [0.25, 0.3) is 0 Å². The Morgan fingerprint density at radius 3 is 2.54 bits per heavy atom. The van der Waals surface area contributed by atoms with E-state index in [-0.39, 0.29) is 0 Å². The smallest absolute Gasteiger partial charge is 0.0973 e. The summed E-state index contributed by atoms with van der Waals surface area (Å²) >= 11 is 1.75. The van der Waals surface area contributed by atoms with Crippen LogP contribution in [0.3, 0.4) is 0 Å². The van der Waals surface area contributed by atoms with Crippen LogP contribution in [0.25, 0.3) is 0 Å². The molecular formula is C24H25N3S. The fourth-order valence-electron chi connectivity index (χ4n) is 3.25. The van der Waals surface area contributed by atoms with E-state index in [0.29, 0.717) is 0 Å². The van der Waals surface area contributed by atoms with Crippen LogP contribution in [-0.2, 0) is 26.1 Å². The topological polar surface area (TPSA) is 29.9 Å². The number of aryl methyl sites for hydroxylation is 1. The number of benzene rings is 2. The monoisotopic (exact) mass is 387 g/mol. The van der Waals surface area contributed by atoms with E-state index in [1.165, 1.54) is 27.4 Å². The van der Waals surface area contributed by atoms with E-state index in [1.807, 2.05) is 0 Å². The van der Waals surface area contributed by atoms with Crippen molar-refractivity contribution in [2.24, 2.45) is 0 Å². The molecular weight excluding hydrogens is 362 g/mol. The minimum Gasteiger partial charge on any atom is -0.344 e. The van der Waals surface area contributed by atoms with Gasteiger partial charge in [-0.15, -0.1) is 11.3 Å². The third-order valence-corrected chi connectivity index (χ3v) is 5.71. The van der Waals surface area contributed by atoms with Crippen molar-refractivity contribution in [1.29, 1.82) is 0 Å². The highest BCUT2D eigenvalue weighted by Crippen LogP contribution is 2.17. The highest BCUT2D eigenvalue weighted by molar-refractivity contribution is 7.09. The van der Waals surface area contributed by atoms with Gasteiger partial charge in [-0.25, -0.2) is 4.98 Å². The molecule has 4 rings (SSSR count). The summed E-state index contributed by atoms with van der Waals surface area (Å²) in [6.45, 7) is 4.67. The molecule has 0 bridgehead atoms. The standard InChI is InChI=1S/C24H25N3S/c1-19-9-11-20(12-10-19)14-24-26-22(18-28-24)17-27-13-5-8-23(27)16-25-15-21-6-3-2-4-7-21/h2-13,18,25H,14-17H2,1H3. The zero-order valence-corrected chi connectivity index (χ0v) is 17.0. The number of nitrogens with zero attached hydrogens (tertiary/aromatic N) is 2. The lowest BCUT2D eigenvalue weighted by Gasteiger charge is -2.09. The number of thiazole rings is 1. The normalized spacial score (nSPS) is 11.0. The second-order valence-corrected chi connectivity index (χ2v) is 8.05. The quantitative estimate of drug-likeness (QED) is 0.451. The first-order valence-electron chi connectivity index (χ1n) is 9.64. The van der Waals surface area contributed by atoms with Gasteiger partial charge in [-0.05, 0) is 30.2 Å². The second kappa shape index (κ2) is 9.00. The van der Waals surface area contributed by atoms with Gasteiger partial charge in [0, 0.05) is 36.8 Å². The van der Waals surface area contributed by atoms with Gasteiger partial charge >= 0.3 is 0 Å². The van der Waals surface area contributed by atoms with Gasteiger partial charge in [-0.1, -0.05) is 60.2 Å². The summed E-state index contributed by atoms with van der Waals surface area (Å²) in [5.74, 6) is 0. The zero-order valence-electron chi connectivity index (χ0n) is 16.1. The molecule has 2 aromatic heterocycles. The first-order chi connectivity index (χ1) is 13.8. The van der Waals surface area contributed by atoms with E-state index in [0.717, 1.165) is 31.7 Å². The van der Waals surface area contributed by atoms with Crippen molar-refractivity contribution in [1.82, 2.24) is 14.9 Å². The molecule has 0 spiro atoms. The fourth-order valence-corrected chi connectivity index (χ4v) is 4.07. The second-order valence-electron chi connectivity index (χ2n) is 7.11. The Morgan fingerprint density at radius 1 is 0.893 bits per heavy atom. The maximum Gasteiger partial charge on any atom is 0.0973 e. The molecule has 0 aliphatic carbocycles. The van der Waals surface area contributed by atoms with Crippen LogP contribution in [-0.4, -0.2) is 9.55 Å². The van der Waals surface area contributed by atoms with Crippen molar-refractivity contribution in [2.75, 3.05) is 0 Å². The molecule has 0 fully saturated rings. The van der Waals surface area contributed by atoms with Crippen molar-refractivity contribution in [2.45, 2.75) is 33.0 Å². The molecule has 0 aliphatic rings. The summed E-state index contributed by atoms with van der Waals surface area (Å²) in [6.07, 6.45) is 3.04. The van der Waals surface area contributed by atoms with Gasteiger partial charge in [0.2, 0.25) is 0 Å². The molecule has 0 saturated heterocycles. The lowest BCUT2D eigenvalue weighted by atomic mass is 10.1. The van der Waals surface area contributed by atoms with Crippen molar-refractivity contribution in [3.63, 3.8) is 0 Å². The van der Waals surface area contributed by atoms with Crippen LogP contribution in [0, 0.1) is 6.92 Å². The summed E-state index contributed by atoms with van der Waals surface area (Å²) in [7, 11) is 0. The van der Waals surface area contributed by atoms with Gasteiger partial charge in [0.1, 0.15) is 0 Å². The Bertz CT molecular complexity index is 1000. The zero-order chi connectivity index (χ0) is 19.2.